The summed E-state index contributed by atoms with van der Waals surface area (Å²) in [5.74, 6) is 1.13. The van der Waals surface area contributed by atoms with Crippen LogP contribution >= 0.6 is 0 Å². The Morgan fingerprint density at radius 2 is 1.66 bits per heavy atom. The second-order valence-corrected chi connectivity index (χ2v) is 11.5. The number of fused-ring (bicyclic) bond motifs is 1. The molecule has 3 aliphatic heterocycles. The van der Waals surface area contributed by atoms with Crippen molar-refractivity contribution in [1.82, 2.24) is 15.5 Å². The number of likely N-dealkylation sites (tertiary alicyclic amines) is 1. The van der Waals surface area contributed by atoms with E-state index in [0.29, 0.717) is 0 Å². The lowest BCUT2D eigenvalue weighted by Gasteiger charge is -2.55. The van der Waals surface area contributed by atoms with Crippen molar-refractivity contribution in [1.29, 1.82) is 0 Å². The fourth-order valence-electron chi connectivity index (χ4n) is 7.62. The van der Waals surface area contributed by atoms with Crippen LogP contribution in [0.1, 0.15) is 50.2 Å². The largest absolute Gasteiger partial charge is 0.351 e. The number of carbonyl (C=O) groups excluding carboxylic acids is 2. The highest BCUT2D eigenvalue weighted by Gasteiger charge is 2.70. The molecule has 0 spiro atoms. The van der Waals surface area contributed by atoms with Gasteiger partial charge in [-0.2, -0.15) is 0 Å². The molecular formula is C30H37N3O2. The van der Waals surface area contributed by atoms with E-state index in [1.165, 1.54) is 11.1 Å². The molecule has 5 fully saturated rings. The highest BCUT2D eigenvalue weighted by molar-refractivity contribution is 5.97. The standard InChI is InChI=1S/C30H37N3O2/c1-20-12-14-24(15-13-20)31-29(35)30-23-17-26(28(34)32-30)25(16-21-8-4-2-5-9-21)27(30)33(19-23)18-22-10-6-3-7-11-22/h2-11,20,23-27H,12-19H2,1H3,(H,31,35)(H,32,34). The van der Waals surface area contributed by atoms with Gasteiger partial charge in [0.15, 0.2) is 0 Å². The van der Waals surface area contributed by atoms with E-state index in [4.69, 9.17) is 0 Å². The van der Waals surface area contributed by atoms with Crippen molar-refractivity contribution < 1.29 is 9.59 Å². The molecule has 2 aromatic rings. The molecule has 2 N–H and O–H groups in total. The third-order valence-electron chi connectivity index (χ3n) is 9.36. The van der Waals surface area contributed by atoms with Crippen LogP contribution in [0.2, 0.25) is 0 Å². The zero-order valence-electron chi connectivity index (χ0n) is 20.7. The lowest BCUT2D eigenvalue weighted by Crippen LogP contribution is -2.78. The molecule has 184 valence electrons. The summed E-state index contributed by atoms with van der Waals surface area (Å²) in [6.45, 7) is 3.97. The van der Waals surface area contributed by atoms with E-state index in [0.717, 1.165) is 57.5 Å². The third-order valence-corrected chi connectivity index (χ3v) is 9.36. The molecule has 5 aliphatic rings. The normalized spacial score (nSPS) is 36.1. The average Bonchev–Trinajstić information content (AvgIpc) is 3.10. The fourth-order valence-corrected chi connectivity index (χ4v) is 7.62. The van der Waals surface area contributed by atoms with Crippen LogP contribution < -0.4 is 10.6 Å². The third kappa shape index (κ3) is 3.98. The maximum Gasteiger partial charge on any atom is 0.247 e. The van der Waals surface area contributed by atoms with Crippen molar-refractivity contribution in [3.05, 3.63) is 71.8 Å². The minimum absolute atomic E-state index is 0.00637. The molecule has 0 aromatic heterocycles. The lowest BCUT2D eigenvalue weighted by atomic mass is 9.57. The number of benzene rings is 2. The first-order valence-corrected chi connectivity index (χ1v) is 13.5. The molecule has 4 bridgehead atoms. The number of hydrogen-bond acceptors (Lipinski definition) is 3. The Morgan fingerprint density at radius 1 is 1.00 bits per heavy atom. The highest BCUT2D eigenvalue weighted by atomic mass is 16.2. The van der Waals surface area contributed by atoms with Crippen LogP contribution in [0.3, 0.4) is 0 Å². The lowest BCUT2D eigenvalue weighted by molar-refractivity contribution is -0.154. The van der Waals surface area contributed by atoms with E-state index < -0.39 is 5.54 Å². The molecule has 5 unspecified atom stereocenters. The minimum Gasteiger partial charge on any atom is -0.351 e. The first kappa shape index (κ1) is 22.8. The van der Waals surface area contributed by atoms with E-state index >= 15 is 0 Å². The van der Waals surface area contributed by atoms with Crippen LogP contribution in [0.25, 0.3) is 0 Å². The van der Waals surface area contributed by atoms with Crippen molar-refractivity contribution in [3.8, 4) is 0 Å². The number of rotatable bonds is 6. The van der Waals surface area contributed by atoms with Crippen LogP contribution in [0.4, 0.5) is 0 Å². The van der Waals surface area contributed by atoms with E-state index in [9.17, 15) is 9.59 Å². The van der Waals surface area contributed by atoms with Gasteiger partial charge in [0.25, 0.3) is 0 Å². The highest BCUT2D eigenvalue weighted by Crippen LogP contribution is 2.54. The van der Waals surface area contributed by atoms with Crippen LogP contribution in [-0.4, -0.2) is 40.9 Å². The maximum absolute atomic E-state index is 14.2. The Balaban J connectivity index is 1.34. The van der Waals surface area contributed by atoms with Gasteiger partial charge in [0.1, 0.15) is 5.54 Å². The molecule has 5 nitrogen and oxygen atoms in total. The Bertz CT molecular complexity index is 1070. The number of nitrogens with one attached hydrogen (secondary N) is 2. The zero-order chi connectivity index (χ0) is 24.0. The maximum atomic E-state index is 14.2. The van der Waals surface area contributed by atoms with Gasteiger partial charge in [-0.1, -0.05) is 67.6 Å². The molecule has 3 saturated heterocycles. The van der Waals surface area contributed by atoms with Crippen LogP contribution in [0.5, 0.6) is 0 Å². The second kappa shape index (κ2) is 9.09. The van der Waals surface area contributed by atoms with Crippen molar-refractivity contribution >= 4 is 11.8 Å². The van der Waals surface area contributed by atoms with Gasteiger partial charge >= 0.3 is 0 Å². The van der Waals surface area contributed by atoms with Crippen LogP contribution in [-0.2, 0) is 22.6 Å². The van der Waals surface area contributed by atoms with Crippen LogP contribution in [0, 0.1) is 23.7 Å². The summed E-state index contributed by atoms with van der Waals surface area (Å²) in [6.07, 6.45) is 6.04. The zero-order valence-corrected chi connectivity index (χ0v) is 20.7. The SMILES string of the molecule is CC1CCC(NC(=O)C23NC(=O)C4CC2CN(Cc2ccccc2)C3C4Cc2ccccc2)CC1. The van der Waals surface area contributed by atoms with Gasteiger partial charge in [-0.05, 0) is 61.5 Å². The number of piperidine rings is 2. The van der Waals surface area contributed by atoms with Crippen LogP contribution in [0.15, 0.2) is 60.7 Å². The molecule has 5 atom stereocenters. The van der Waals surface area contributed by atoms with Crippen molar-refractivity contribution in [2.75, 3.05) is 6.54 Å². The van der Waals surface area contributed by atoms with Crippen molar-refractivity contribution in [3.63, 3.8) is 0 Å². The number of carbonyl (C=O) groups is 2. The summed E-state index contributed by atoms with van der Waals surface area (Å²) in [5, 5.41) is 6.76. The minimum atomic E-state index is -0.830. The predicted octanol–water partition coefficient (Wildman–Crippen LogP) is 3.93. The van der Waals surface area contributed by atoms with Gasteiger partial charge in [0.05, 0.1) is 0 Å². The molecule has 2 saturated carbocycles. The van der Waals surface area contributed by atoms with E-state index in [-0.39, 0.29) is 41.7 Å². The molecule has 5 heteroatoms. The van der Waals surface area contributed by atoms with Gasteiger partial charge in [-0.25, -0.2) is 0 Å². The summed E-state index contributed by atoms with van der Waals surface area (Å²) in [5.41, 5.74) is 1.68. The van der Waals surface area contributed by atoms with Gasteiger partial charge in [0, 0.05) is 37.0 Å². The van der Waals surface area contributed by atoms with E-state index in [1.807, 2.05) is 12.1 Å². The van der Waals surface area contributed by atoms with Gasteiger partial charge < -0.3 is 10.6 Å². The molecular weight excluding hydrogens is 434 g/mol. The van der Waals surface area contributed by atoms with E-state index in [2.05, 4.69) is 71.0 Å². The predicted molar refractivity (Wildman–Crippen MR) is 136 cm³/mol. The van der Waals surface area contributed by atoms with Crippen molar-refractivity contribution in [2.45, 2.75) is 69.6 Å². The Labute approximate surface area is 208 Å². The molecule has 3 heterocycles. The number of amides is 2. The van der Waals surface area contributed by atoms with E-state index in [1.54, 1.807) is 0 Å². The topological polar surface area (TPSA) is 61.4 Å². The fraction of sp³-hybridized carbons (Fsp3) is 0.533. The molecule has 0 radical (unpaired) electrons. The Hall–Kier alpha value is -2.66. The Morgan fingerprint density at radius 3 is 2.34 bits per heavy atom. The molecule has 35 heavy (non-hydrogen) atoms. The quantitative estimate of drug-likeness (QED) is 0.671. The number of nitrogens with zero attached hydrogens (tertiary/aromatic N) is 1. The first-order chi connectivity index (χ1) is 17.0. The van der Waals surface area contributed by atoms with Gasteiger partial charge in [-0.3, -0.25) is 14.5 Å². The summed E-state index contributed by atoms with van der Waals surface area (Å²) < 4.78 is 0. The first-order valence-electron chi connectivity index (χ1n) is 13.5. The van der Waals surface area contributed by atoms with Crippen molar-refractivity contribution in [2.24, 2.45) is 23.7 Å². The monoisotopic (exact) mass is 471 g/mol. The summed E-state index contributed by atoms with van der Waals surface area (Å²) >= 11 is 0. The smallest absolute Gasteiger partial charge is 0.247 e. The second-order valence-electron chi connectivity index (χ2n) is 11.5. The molecule has 2 aliphatic carbocycles. The molecule has 2 aromatic carbocycles. The summed E-state index contributed by atoms with van der Waals surface area (Å²) in [4.78, 5) is 30.1. The summed E-state index contributed by atoms with van der Waals surface area (Å²) in [7, 11) is 0. The molecule has 2 amide bonds. The van der Waals surface area contributed by atoms with Gasteiger partial charge in [0.2, 0.25) is 11.8 Å². The Kier molecular flexibility index (Phi) is 5.92. The summed E-state index contributed by atoms with van der Waals surface area (Å²) in [6, 6.07) is 21.3. The average molecular weight is 472 g/mol. The van der Waals surface area contributed by atoms with Gasteiger partial charge in [-0.15, -0.1) is 0 Å². The molecule has 7 rings (SSSR count). The number of hydrogen-bond donors (Lipinski definition) is 2.